The lowest BCUT2D eigenvalue weighted by atomic mass is 9.80. The van der Waals surface area contributed by atoms with Crippen molar-refractivity contribution in [3.8, 4) is 6.07 Å². The average Bonchev–Trinajstić information content (AvgIpc) is 3.12. The van der Waals surface area contributed by atoms with E-state index in [-0.39, 0.29) is 5.91 Å². The second-order valence-corrected chi connectivity index (χ2v) is 5.18. The second kappa shape index (κ2) is 6.64. The van der Waals surface area contributed by atoms with Gasteiger partial charge in [0.25, 0.3) is 0 Å². The molecule has 1 N–H and O–H groups in total. The molecule has 0 radical (unpaired) electrons. The normalized spacial score (nSPS) is 15.4. The van der Waals surface area contributed by atoms with E-state index < -0.39 is 5.41 Å². The zero-order chi connectivity index (χ0) is 12.7. The first kappa shape index (κ1) is 14.0. The van der Waals surface area contributed by atoms with E-state index in [0.29, 0.717) is 12.8 Å². The number of carbonyl (C=O) groups is 1. The Hall–Kier alpha value is -1.04. The van der Waals surface area contributed by atoms with Gasteiger partial charge >= 0.3 is 0 Å². The highest BCUT2D eigenvalue weighted by Gasteiger charge is 2.36. The molecule has 0 spiro atoms. The fourth-order valence-electron chi connectivity index (χ4n) is 2.33. The van der Waals surface area contributed by atoms with Crippen molar-refractivity contribution in [3.05, 3.63) is 0 Å². The Kier molecular flexibility index (Phi) is 5.47. The molecule has 96 valence electrons. The molecular formula is C14H24N2O. The first-order chi connectivity index (χ1) is 8.18. The van der Waals surface area contributed by atoms with Crippen molar-refractivity contribution in [2.75, 3.05) is 6.54 Å². The van der Waals surface area contributed by atoms with Gasteiger partial charge in [-0.05, 0) is 25.2 Å². The van der Waals surface area contributed by atoms with Crippen LogP contribution in [0.25, 0.3) is 0 Å². The third kappa shape index (κ3) is 4.03. The van der Waals surface area contributed by atoms with Crippen LogP contribution in [0.2, 0.25) is 0 Å². The molecule has 3 heteroatoms. The van der Waals surface area contributed by atoms with Crippen molar-refractivity contribution < 1.29 is 4.79 Å². The summed E-state index contributed by atoms with van der Waals surface area (Å²) in [6.07, 6.45) is 6.80. The minimum atomic E-state index is -0.785. The molecule has 3 nitrogen and oxygen atoms in total. The van der Waals surface area contributed by atoms with E-state index >= 15 is 0 Å². The van der Waals surface area contributed by atoms with Gasteiger partial charge in [0.1, 0.15) is 5.41 Å². The average molecular weight is 236 g/mol. The summed E-state index contributed by atoms with van der Waals surface area (Å²) in [6, 6.07) is 2.26. The maximum atomic E-state index is 12.1. The van der Waals surface area contributed by atoms with E-state index in [1.807, 2.05) is 13.8 Å². The van der Waals surface area contributed by atoms with Crippen LogP contribution in [-0.4, -0.2) is 12.5 Å². The van der Waals surface area contributed by atoms with Crippen LogP contribution in [0.5, 0.6) is 0 Å². The van der Waals surface area contributed by atoms with Crippen LogP contribution >= 0.6 is 0 Å². The van der Waals surface area contributed by atoms with Gasteiger partial charge in [0.05, 0.1) is 6.07 Å². The van der Waals surface area contributed by atoms with Gasteiger partial charge in [-0.3, -0.25) is 4.79 Å². The van der Waals surface area contributed by atoms with Crippen molar-refractivity contribution in [2.24, 2.45) is 11.3 Å². The maximum absolute atomic E-state index is 12.1. The van der Waals surface area contributed by atoms with Crippen molar-refractivity contribution >= 4 is 5.91 Å². The number of amides is 1. The van der Waals surface area contributed by atoms with E-state index in [2.05, 4.69) is 11.4 Å². The van der Waals surface area contributed by atoms with Crippen LogP contribution in [0.4, 0.5) is 0 Å². The summed E-state index contributed by atoms with van der Waals surface area (Å²) in [6.45, 7) is 4.79. The van der Waals surface area contributed by atoms with E-state index in [0.717, 1.165) is 31.7 Å². The van der Waals surface area contributed by atoms with Crippen LogP contribution in [0.3, 0.4) is 0 Å². The van der Waals surface area contributed by atoms with E-state index in [1.165, 1.54) is 12.8 Å². The van der Waals surface area contributed by atoms with Gasteiger partial charge in [-0.2, -0.15) is 5.26 Å². The van der Waals surface area contributed by atoms with Crippen LogP contribution < -0.4 is 5.32 Å². The fraction of sp³-hybridized carbons (Fsp3) is 0.857. The van der Waals surface area contributed by atoms with E-state index in [9.17, 15) is 10.1 Å². The third-order valence-corrected chi connectivity index (χ3v) is 3.54. The van der Waals surface area contributed by atoms with Crippen LogP contribution in [-0.2, 0) is 4.79 Å². The van der Waals surface area contributed by atoms with Crippen LogP contribution in [0.15, 0.2) is 0 Å². The van der Waals surface area contributed by atoms with Gasteiger partial charge in [-0.15, -0.1) is 0 Å². The predicted octanol–water partition coefficient (Wildman–Crippen LogP) is 3.01. The molecule has 1 saturated carbocycles. The molecule has 0 aromatic carbocycles. The van der Waals surface area contributed by atoms with Crippen LogP contribution in [0.1, 0.15) is 58.8 Å². The third-order valence-electron chi connectivity index (χ3n) is 3.54. The lowest BCUT2D eigenvalue weighted by Crippen LogP contribution is -2.40. The summed E-state index contributed by atoms with van der Waals surface area (Å²) in [7, 11) is 0. The SMILES string of the molecule is CCCC(C#N)(CCC)C(=O)NCCC1CC1. The molecule has 0 aliphatic heterocycles. The standard InChI is InChI=1S/C14H24N2O/c1-3-8-14(11-15,9-4-2)13(17)16-10-7-12-5-6-12/h12H,3-10H2,1-2H3,(H,16,17). The minimum absolute atomic E-state index is 0.0515. The summed E-state index contributed by atoms with van der Waals surface area (Å²) in [4.78, 5) is 12.1. The number of rotatable bonds is 8. The van der Waals surface area contributed by atoms with Gasteiger partial charge in [0.2, 0.25) is 5.91 Å². The molecule has 0 unspecified atom stereocenters. The summed E-state index contributed by atoms with van der Waals surface area (Å²) in [5.74, 6) is 0.772. The van der Waals surface area contributed by atoms with Gasteiger partial charge in [0, 0.05) is 6.54 Å². The lowest BCUT2D eigenvalue weighted by molar-refractivity contribution is -0.128. The van der Waals surface area contributed by atoms with Crippen molar-refractivity contribution in [3.63, 3.8) is 0 Å². The Balaban J connectivity index is 2.47. The number of nitrogens with zero attached hydrogens (tertiary/aromatic N) is 1. The number of nitriles is 1. The number of nitrogens with one attached hydrogen (secondary N) is 1. The molecule has 0 bridgehead atoms. The topological polar surface area (TPSA) is 52.9 Å². The highest BCUT2D eigenvalue weighted by Crippen LogP contribution is 2.32. The lowest BCUT2D eigenvalue weighted by Gasteiger charge is -2.24. The number of carbonyl (C=O) groups excluding carboxylic acids is 1. The summed E-state index contributed by atoms with van der Waals surface area (Å²) in [5.41, 5.74) is -0.785. The van der Waals surface area contributed by atoms with Gasteiger partial charge in [-0.1, -0.05) is 39.5 Å². The van der Waals surface area contributed by atoms with Gasteiger partial charge in [-0.25, -0.2) is 0 Å². The van der Waals surface area contributed by atoms with Crippen molar-refractivity contribution in [1.82, 2.24) is 5.32 Å². The zero-order valence-electron chi connectivity index (χ0n) is 11.1. The molecule has 1 amide bonds. The monoisotopic (exact) mass is 236 g/mol. The Bertz CT molecular complexity index is 283. The fourth-order valence-corrected chi connectivity index (χ4v) is 2.33. The smallest absolute Gasteiger partial charge is 0.240 e. The van der Waals surface area contributed by atoms with Crippen molar-refractivity contribution in [1.29, 1.82) is 5.26 Å². The number of hydrogen-bond acceptors (Lipinski definition) is 2. The quantitative estimate of drug-likeness (QED) is 0.704. The number of hydrogen-bond donors (Lipinski definition) is 1. The largest absolute Gasteiger partial charge is 0.355 e. The molecular weight excluding hydrogens is 212 g/mol. The minimum Gasteiger partial charge on any atom is -0.355 e. The first-order valence-electron chi connectivity index (χ1n) is 6.88. The highest BCUT2D eigenvalue weighted by molar-refractivity contribution is 5.85. The maximum Gasteiger partial charge on any atom is 0.240 e. The van der Waals surface area contributed by atoms with Gasteiger partial charge in [0.15, 0.2) is 0 Å². The van der Waals surface area contributed by atoms with Crippen molar-refractivity contribution in [2.45, 2.75) is 58.8 Å². The Morgan fingerprint density at radius 3 is 2.35 bits per heavy atom. The molecule has 0 saturated heterocycles. The molecule has 1 rings (SSSR count). The summed E-state index contributed by atoms with van der Waals surface area (Å²) in [5, 5.41) is 12.3. The predicted molar refractivity (Wildman–Crippen MR) is 68.2 cm³/mol. The molecule has 0 atom stereocenters. The molecule has 1 fully saturated rings. The van der Waals surface area contributed by atoms with E-state index in [1.54, 1.807) is 0 Å². The second-order valence-electron chi connectivity index (χ2n) is 5.18. The van der Waals surface area contributed by atoms with Gasteiger partial charge < -0.3 is 5.32 Å². The molecule has 17 heavy (non-hydrogen) atoms. The van der Waals surface area contributed by atoms with E-state index in [4.69, 9.17) is 0 Å². The Labute approximate surface area is 105 Å². The summed E-state index contributed by atoms with van der Waals surface area (Å²) < 4.78 is 0. The molecule has 1 aliphatic carbocycles. The zero-order valence-corrected chi connectivity index (χ0v) is 11.1. The Morgan fingerprint density at radius 1 is 1.35 bits per heavy atom. The van der Waals surface area contributed by atoms with Crippen LogP contribution in [0, 0.1) is 22.7 Å². The molecule has 0 heterocycles. The Morgan fingerprint density at radius 2 is 1.94 bits per heavy atom. The molecule has 0 aromatic heterocycles. The molecule has 1 aliphatic rings. The highest BCUT2D eigenvalue weighted by atomic mass is 16.2. The summed E-state index contributed by atoms with van der Waals surface area (Å²) >= 11 is 0. The first-order valence-corrected chi connectivity index (χ1v) is 6.88. The molecule has 0 aromatic rings.